The summed E-state index contributed by atoms with van der Waals surface area (Å²) in [5, 5.41) is 0. The molecule has 0 saturated heterocycles. The van der Waals surface area contributed by atoms with E-state index >= 15 is 0 Å². The summed E-state index contributed by atoms with van der Waals surface area (Å²) in [5.74, 6) is 2.20. The lowest BCUT2D eigenvalue weighted by Gasteiger charge is -2.23. The Morgan fingerprint density at radius 1 is 1.56 bits per heavy atom. The Bertz CT molecular complexity index is 301. The molecule has 1 aromatic rings. The van der Waals surface area contributed by atoms with E-state index in [2.05, 4.69) is 25.1 Å². The molecule has 1 aromatic heterocycles. The van der Waals surface area contributed by atoms with Crippen molar-refractivity contribution in [1.82, 2.24) is 4.90 Å². The van der Waals surface area contributed by atoms with Crippen molar-refractivity contribution < 1.29 is 4.42 Å². The fraction of sp³-hybridized carbons (Fsp3) is 0.667. The van der Waals surface area contributed by atoms with Crippen LogP contribution in [0.15, 0.2) is 16.7 Å². The molecule has 1 unspecified atom stereocenters. The number of furan rings is 1. The number of thioether (sulfide) groups is 1. The van der Waals surface area contributed by atoms with Crippen LogP contribution in [0.4, 0.5) is 0 Å². The summed E-state index contributed by atoms with van der Waals surface area (Å²) in [7, 11) is 2.13. The van der Waals surface area contributed by atoms with Gasteiger partial charge in [0.2, 0.25) is 0 Å². The first kappa shape index (κ1) is 13.6. The molecule has 0 spiro atoms. The van der Waals surface area contributed by atoms with E-state index in [9.17, 15) is 0 Å². The molecule has 0 saturated carbocycles. The molecule has 0 aromatic carbocycles. The van der Waals surface area contributed by atoms with Gasteiger partial charge in [0.15, 0.2) is 0 Å². The number of hydrogen-bond acceptors (Lipinski definition) is 4. The second-order valence-corrected chi connectivity index (χ2v) is 5.10. The highest BCUT2D eigenvalue weighted by molar-refractivity contribution is 7.98. The van der Waals surface area contributed by atoms with Gasteiger partial charge in [-0.3, -0.25) is 4.90 Å². The topological polar surface area (TPSA) is 42.4 Å². The maximum Gasteiger partial charge on any atom is 0.122 e. The molecule has 1 atom stereocenters. The van der Waals surface area contributed by atoms with Crippen LogP contribution < -0.4 is 5.73 Å². The Balaban J connectivity index is 2.47. The molecular weight excluding hydrogens is 220 g/mol. The molecule has 4 heteroatoms. The van der Waals surface area contributed by atoms with Crippen molar-refractivity contribution in [2.45, 2.75) is 32.5 Å². The van der Waals surface area contributed by atoms with Crippen LogP contribution in [0.2, 0.25) is 0 Å². The highest BCUT2D eigenvalue weighted by Gasteiger charge is 2.13. The number of rotatable bonds is 7. The van der Waals surface area contributed by atoms with Gasteiger partial charge in [0.1, 0.15) is 5.76 Å². The largest absolute Gasteiger partial charge is 0.468 e. The van der Waals surface area contributed by atoms with Gasteiger partial charge in [0.25, 0.3) is 0 Å². The molecule has 16 heavy (non-hydrogen) atoms. The first-order valence-electron chi connectivity index (χ1n) is 5.63. The Labute approximate surface area is 102 Å². The van der Waals surface area contributed by atoms with Crippen molar-refractivity contribution in [3.05, 3.63) is 23.7 Å². The van der Waals surface area contributed by atoms with E-state index in [1.807, 2.05) is 17.8 Å². The van der Waals surface area contributed by atoms with Gasteiger partial charge in [-0.25, -0.2) is 0 Å². The summed E-state index contributed by atoms with van der Waals surface area (Å²) in [6.07, 6.45) is 5.07. The molecule has 0 aliphatic rings. The normalized spacial score (nSPS) is 13.3. The molecule has 0 fully saturated rings. The van der Waals surface area contributed by atoms with Crippen molar-refractivity contribution in [2.24, 2.45) is 5.73 Å². The lowest BCUT2D eigenvalue weighted by molar-refractivity contribution is 0.225. The molecule has 0 bridgehead atoms. The van der Waals surface area contributed by atoms with Gasteiger partial charge >= 0.3 is 0 Å². The third-order valence-corrected chi connectivity index (χ3v) is 3.59. The minimum absolute atomic E-state index is 0.554. The van der Waals surface area contributed by atoms with E-state index < -0.39 is 0 Å². The first-order chi connectivity index (χ1) is 7.69. The Morgan fingerprint density at radius 2 is 2.31 bits per heavy atom. The van der Waals surface area contributed by atoms with Gasteiger partial charge in [-0.2, -0.15) is 11.8 Å². The summed E-state index contributed by atoms with van der Waals surface area (Å²) in [5.41, 5.74) is 6.76. The average Bonchev–Trinajstić information content (AvgIpc) is 2.72. The standard InChI is InChI=1S/C12H22N2OS/c1-10(5-7-16-3)14(2)9-12-11(8-13)4-6-15-12/h4,6,10H,5,7-9,13H2,1-3H3. The van der Waals surface area contributed by atoms with Crippen LogP contribution in [0, 0.1) is 0 Å². The molecule has 1 heterocycles. The summed E-state index contributed by atoms with van der Waals surface area (Å²) in [4.78, 5) is 2.31. The number of nitrogens with zero attached hydrogens (tertiary/aromatic N) is 1. The van der Waals surface area contributed by atoms with Crippen molar-refractivity contribution in [3.8, 4) is 0 Å². The van der Waals surface area contributed by atoms with Crippen molar-refractivity contribution in [3.63, 3.8) is 0 Å². The molecule has 0 amide bonds. The summed E-state index contributed by atoms with van der Waals surface area (Å²) in [6.45, 7) is 3.65. The SMILES string of the molecule is CSCCC(C)N(C)Cc1occc1CN. The molecule has 0 aliphatic carbocycles. The molecule has 3 nitrogen and oxygen atoms in total. The van der Waals surface area contributed by atoms with Crippen LogP contribution in [0.5, 0.6) is 0 Å². The van der Waals surface area contributed by atoms with Crippen molar-refractivity contribution in [1.29, 1.82) is 0 Å². The van der Waals surface area contributed by atoms with Crippen LogP contribution in [0.25, 0.3) is 0 Å². The molecule has 1 rings (SSSR count). The Hall–Kier alpha value is -0.450. The fourth-order valence-corrected chi connectivity index (χ4v) is 2.16. The van der Waals surface area contributed by atoms with Crippen LogP contribution in [-0.2, 0) is 13.1 Å². The zero-order chi connectivity index (χ0) is 12.0. The van der Waals surface area contributed by atoms with Crippen molar-refractivity contribution >= 4 is 11.8 Å². The summed E-state index contributed by atoms with van der Waals surface area (Å²) in [6, 6.07) is 2.53. The lowest BCUT2D eigenvalue weighted by Crippen LogP contribution is -2.29. The number of hydrogen-bond donors (Lipinski definition) is 1. The average molecular weight is 242 g/mol. The lowest BCUT2D eigenvalue weighted by atomic mass is 10.2. The highest BCUT2D eigenvalue weighted by atomic mass is 32.2. The molecule has 2 N–H and O–H groups in total. The van der Waals surface area contributed by atoms with Gasteiger partial charge in [0.05, 0.1) is 12.8 Å². The third kappa shape index (κ3) is 3.85. The van der Waals surface area contributed by atoms with E-state index in [1.54, 1.807) is 6.26 Å². The molecule has 0 aliphatic heterocycles. The van der Waals surface area contributed by atoms with Gasteiger partial charge < -0.3 is 10.2 Å². The second-order valence-electron chi connectivity index (χ2n) is 4.12. The molecular formula is C12H22N2OS. The zero-order valence-corrected chi connectivity index (χ0v) is 11.2. The second kappa shape index (κ2) is 6.99. The predicted molar refractivity (Wildman–Crippen MR) is 70.5 cm³/mol. The summed E-state index contributed by atoms with van der Waals surface area (Å²) < 4.78 is 5.45. The highest BCUT2D eigenvalue weighted by Crippen LogP contribution is 2.15. The fourth-order valence-electron chi connectivity index (χ4n) is 1.58. The molecule has 92 valence electrons. The van der Waals surface area contributed by atoms with Gasteiger partial charge in [-0.1, -0.05) is 0 Å². The Kier molecular flexibility index (Phi) is 5.95. The van der Waals surface area contributed by atoms with Gasteiger partial charge in [0, 0.05) is 18.2 Å². The quantitative estimate of drug-likeness (QED) is 0.797. The van der Waals surface area contributed by atoms with Gasteiger partial charge in [-0.05, 0) is 38.5 Å². The zero-order valence-electron chi connectivity index (χ0n) is 10.4. The van der Waals surface area contributed by atoms with Crippen LogP contribution in [-0.4, -0.2) is 30.0 Å². The van der Waals surface area contributed by atoms with E-state index in [4.69, 9.17) is 10.2 Å². The van der Waals surface area contributed by atoms with Crippen LogP contribution in [0.3, 0.4) is 0 Å². The minimum Gasteiger partial charge on any atom is -0.468 e. The van der Waals surface area contributed by atoms with Crippen molar-refractivity contribution in [2.75, 3.05) is 19.1 Å². The minimum atomic E-state index is 0.554. The maximum atomic E-state index is 5.65. The van der Waals surface area contributed by atoms with Crippen LogP contribution in [0.1, 0.15) is 24.7 Å². The van der Waals surface area contributed by atoms with Crippen LogP contribution >= 0.6 is 11.8 Å². The number of nitrogens with two attached hydrogens (primary N) is 1. The van der Waals surface area contributed by atoms with E-state index in [-0.39, 0.29) is 0 Å². The van der Waals surface area contributed by atoms with E-state index in [0.29, 0.717) is 12.6 Å². The van der Waals surface area contributed by atoms with Gasteiger partial charge in [-0.15, -0.1) is 0 Å². The predicted octanol–water partition coefficient (Wildman–Crippen LogP) is 2.31. The van der Waals surface area contributed by atoms with E-state index in [0.717, 1.165) is 17.9 Å². The summed E-state index contributed by atoms with van der Waals surface area (Å²) >= 11 is 1.89. The van der Waals surface area contributed by atoms with E-state index in [1.165, 1.54) is 12.2 Å². The Morgan fingerprint density at radius 3 is 2.94 bits per heavy atom. The first-order valence-corrected chi connectivity index (χ1v) is 7.03. The molecule has 0 radical (unpaired) electrons. The monoisotopic (exact) mass is 242 g/mol. The smallest absolute Gasteiger partial charge is 0.122 e. The maximum absolute atomic E-state index is 5.65. The third-order valence-electron chi connectivity index (χ3n) is 2.94.